The van der Waals surface area contributed by atoms with Crippen LogP contribution in [-0.4, -0.2) is 17.7 Å². The summed E-state index contributed by atoms with van der Waals surface area (Å²) in [4.78, 5) is 12.4. The first-order valence-corrected chi connectivity index (χ1v) is 7.40. The van der Waals surface area contributed by atoms with Crippen molar-refractivity contribution in [2.75, 3.05) is 5.43 Å². The van der Waals surface area contributed by atoms with E-state index in [1.165, 1.54) is 6.21 Å². The molecule has 0 fully saturated rings. The summed E-state index contributed by atoms with van der Waals surface area (Å²) >= 11 is 9.13. The normalized spacial score (nSPS) is 11.6. The SMILES string of the molecule is N/N=C/C(=N\Nc1ccc(Cl)cc1)C(=O)c1ccc(Br)cc1. The third-order valence-corrected chi connectivity index (χ3v) is 3.47. The van der Waals surface area contributed by atoms with Crippen molar-refractivity contribution in [2.24, 2.45) is 16.0 Å². The van der Waals surface area contributed by atoms with E-state index in [2.05, 4.69) is 31.6 Å². The fraction of sp³-hybridized carbons (Fsp3) is 0. The van der Waals surface area contributed by atoms with Gasteiger partial charge in [0, 0.05) is 15.1 Å². The lowest BCUT2D eigenvalue weighted by Gasteiger charge is -2.04. The van der Waals surface area contributed by atoms with Crippen molar-refractivity contribution in [3.8, 4) is 0 Å². The summed E-state index contributed by atoms with van der Waals surface area (Å²) in [5.74, 6) is 4.85. The van der Waals surface area contributed by atoms with Crippen LogP contribution in [0.25, 0.3) is 0 Å². The van der Waals surface area contributed by atoms with Gasteiger partial charge >= 0.3 is 0 Å². The molecule has 2 aromatic carbocycles. The second kappa shape index (κ2) is 7.72. The number of benzene rings is 2. The molecule has 0 unspecified atom stereocenters. The first-order chi connectivity index (χ1) is 10.6. The van der Waals surface area contributed by atoms with Gasteiger partial charge < -0.3 is 5.84 Å². The van der Waals surface area contributed by atoms with Gasteiger partial charge in [-0.3, -0.25) is 10.2 Å². The molecule has 0 aliphatic carbocycles. The minimum absolute atomic E-state index is 0.0970. The molecule has 0 saturated carbocycles. The van der Waals surface area contributed by atoms with Crippen LogP contribution >= 0.6 is 27.5 Å². The number of rotatable bonds is 5. The number of nitrogens with two attached hydrogens (primary N) is 1. The summed E-state index contributed by atoms with van der Waals surface area (Å²) in [7, 11) is 0. The summed E-state index contributed by atoms with van der Waals surface area (Å²) in [5, 5.41) is 8.04. The molecule has 0 aliphatic heterocycles. The summed E-state index contributed by atoms with van der Waals surface area (Å²) < 4.78 is 0.884. The Kier molecular flexibility index (Phi) is 5.68. The van der Waals surface area contributed by atoms with Crippen LogP contribution in [0.4, 0.5) is 5.69 Å². The highest BCUT2D eigenvalue weighted by Gasteiger charge is 2.12. The molecule has 0 aromatic heterocycles. The molecule has 0 saturated heterocycles. The van der Waals surface area contributed by atoms with E-state index in [1.54, 1.807) is 48.5 Å². The number of ketones is 1. The third-order valence-electron chi connectivity index (χ3n) is 2.69. The van der Waals surface area contributed by atoms with E-state index >= 15 is 0 Å². The lowest BCUT2D eigenvalue weighted by atomic mass is 10.1. The largest absolute Gasteiger partial charge is 0.323 e. The molecule has 7 heteroatoms. The maximum atomic E-state index is 12.4. The average molecular weight is 380 g/mol. The number of nitrogens with zero attached hydrogens (tertiary/aromatic N) is 2. The smallest absolute Gasteiger partial charge is 0.214 e. The number of hydrogen-bond donors (Lipinski definition) is 2. The van der Waals surface area contributed by atoms with E-state index in [0.29, 0.717) is 16.3 Å². The van der Waals surface area contributed by atoms with E-state index in [-0.39, 0.29) is 11.5 Å². The van der Waals surface area contributed by atoms with E-state index < -0.39 is 0 Å². The molecule has 0 bridgehead atoms. The van der Waals surface area contributed by atoms with Crippen LogP contribution in [0.1, 0.15) is 10.4 Å². The summed E-state index contributed by atoms with van der Waals surface area (Å²) in [6, 6.07) is 13.8. The Hall–Kier alpha value is -2.18. The highest BCUT2D eigenvalue weighted by molar-refractivity contribution is 9.10. The molecule has 0 spiro atoms. The number of anilines is 1. The lowest BCUT2D eigenvalue weighted by molar-refractivity contribution is 0.106. The Balaban J connectivity index is 2.21. The number of carbonyl (C=O) groups is 1. The Morgan fingerprint density at radius 1 is 1.14 bits per heavy atom. The van der Waals surface area contributed by atoms with Crippen molar-refractivity contribution in [2.45, 2.75) is 0 Å². The minimum Gasteiger partial charge on any atom is -0.323 e. The Bertz CT molecular complexity index is 711. The molecule has 0 heterocycles. The van der Waals surface area contributed by atoms with E-state index in [1.807, 2.05) is 0 Å². The molecule has 2 aromatic rings. The fourth-order valence-electron chi connectivity index (χ4n) is 1.61. The van der Waals surface area contributed by atoms with E-state index in [4.69, 9.17) is 17.4 Å². The molecule has 2 rings (SSSR count). The van der Waals surface area contributed by atoms with Crippen molar-refractivity contribution in [1.29, 1.82) is 0 Å². The van der Waals surface area contributed by atoms with Gasteiger partial charge in [0.2, 0.25) is 5.78 Å². The van der Waals surface area contributed by atoms with Crippen LogP contribution in [0.5, 0.6) is 0 Å². The summed E-state index contributed by atoms with van der Waals surface area (Å²) in [6.07, 6.45) is 1.20. The van der Waals surface area contributed by atoms with E-state index in [9.17, 15) is 4.79 Å². The number of hydrogen-bond acceptors (Lipinski definition) is 5. The first-order valence-electron chi connectivity index (χ1n) is 6.23. The predicted molar refractivity (Wildman–Crippen MR) is 93.7 cm³/mol. The lowest BCUT2D eigenvalue weighted by Crippen LogP contribution is -2.18. The van der Waals surface area contributed by atoms with Gasteiger partial charge in [-0.25, -0.2) is 0 Å². The second-order valence-electron chi connectivity index (χ2n) is 4.23. The summed E-state index contributed by atoms with van der Waals surface area (Å²) in [5.41, 5.74) is 4.04. The van der Waals surface area contributed by atoms with Gasteiger partial charge in [-0.2, -0.15) is 10.2 Å². The fourth-order valence-corrected chi connectivity index (χ4v) is 2.00. The van der Waals surface area contributed by atoms with Crippen LogP contribution in [0.3, 0.4) is 0 Å². The zero-order chi connectivity index (χ0) is 15.9. The van der Waals surface area contributed by atoms with Gasteiger partial charge in [-0.1, -0.05) is 27.5 Å². The van der Waals surface area contributed by atoms with Crippen LogP contribution in [0.2, 0.25) is 5.02 Å². The summed E-state index contributed by atoms with van der Waals surface area (Å²) in [6.45, 7) is 0. The first kappa shape index (κ1) is 16.2. The number of halogens is 2. The van der Waals surface area contributed by atoms with E-state index in [0.717, 1.165) is 4.47 Å². The molecule has 5 nitrogen and oxygen atoms in total. The zero-order valence-electron chi connectivity index (χ0n) is 11.3. The number of Topliss-reactive ketones (excluding diaryl/α,β-unsaturated/α-hetero) is 1. The van der Waals surface area contributed by atoms with Gasteiger partial charge in [0.05, 0.1) is 11.9 Å². The van der Waals surface area contributed by atoms with Crippen LogP contribution < -0.4 is 11.3 Å². The van der Waals surface area contributed by atoms with Crippen molar-refractivity contribution in [3.63, 3.8) is 0 Å². The minimum atomic E-state index is -0.289. The molecular formula is C15H12BrClN4O. The van der Waals surface area contributed by atoms with Crippen LogP contribution in [0.15, 0.2) is 63.2 Å². The van der Waals surface area contributed by atoms with Gasteiger partial charge in [-0.15, -0.1) is 0 Å². The Morgan fingerprint density at radius 3 is 2.36 bits per heavy atom. The third kappa shape index (κ3) is 4.41. The van der Waals surface area contributed by atoms with Crippen molar-refractivity contribution >= 4 is 50.9 Å². The number of carbonyl (C=O) groups excluding carboxylic acids is 1. The predicted octanol–water partition coefficient (Wildman–Crippen LogP) is 3.70. The zero-order valence-corrected chi connectivity index (χ0v) is 13.7. The average Bonchev–Trinajstić information content (AvgIpc) is 2.53. The maximum absolute atomic E-state index is 12.4. The standard InChI is InChI=1S/C15H12BrClN4O/c16-11-3-1-10(2-4-11)15(22)14(9-19-18)21-20-13-7-5-12(17)6-8-13/h1-9,20H,18H2/b19-9+,21-14+. The number of nitrogens with one attached hydrogen (secondary N) is 1. The highest BCUT2D eigenvalue weighted by atomic mass is 79.9. The second-order valence-corrected chi connectivity index (χ2v) is 5.58. The van der Waals surface area contributed by atoms with Gasteiger partial charge in [-0.05, 0) is 48.5 Å². The van der Waals surface area contributed by atoms with Crippen molar-refractivity contribution in [1.82, 2.24) is 0 Å². The van der Waals surface area contributed by atoms with Gasteiger partial charge in [0.25, 0.3) is 0 Å². The van der Waals surface area contributed by atoms with Crippen molar-refractivity contribution < 1.29 is 4.79 Å². The topological polar surface area (TPSA) is 79.8 Å². The molecule has 3 N–H and O–H groups in total. The highest BCUT2D eigenvalue weighted by Crippen LogP contribution is 2.14. The van der Waals surface area contributed by atoms with Crippen LogP contribution in [-0.2, 0) is 0 Å². The van der Waals surface area contributed by atoms with Gasteiger partial charge in [0.1, 0.15) is 0 Å². The molecule has 0 aliphatic rings. The quantitative estimate of drug-likeness (QED) is 0.360. The van der Waals surface area contributed by atoms with Crippen molar-refractivity contribution in [3.05, 3.63) is 63.6 Å². The Morgan fingerprint density at radius 2 is 1.77 bits per heavy atom. The van der Waals surface area contributed by atoms with Gasteiger partial charge in [0.15, 0.2) is 5.71 Å². The maximum Gasteiger partial charge on any atom is 0.214 e. The molecule has 0 atom stereocenters. The molecular weight excluding hydrogens is 368 g/mol. The molecule has 112 valence electrons. The molecule has 22 heavy (non-hydrogen) atoms. The van der Waals surface area contributed by atoms with Crippen LogP contribution in [0, 0.1) is 0 Å². The monoisotopic (exact) mass is 378 g/mol. The molecule has 0 radical (unpaired) electrons. The number of hydrazone groups is 2. The Labute approximate surface area is 141 Å². The molecule has 0 amide bonds.